The normalized spacial score (nSPS) is 11.5. The Bertz CT molecular complexity index is 681. The third-order valence-corrected chi connectivity index (χ3v) is 4.26. The van der Waals surface area contributed by atoms with E-state index in [4.69, 9.17) is 0 Å². The zero-order valence-electron chi connectivity index (χ0n) is 13.2. The van der Waals surface area contributed by atoms with Gasteiger partial charge in [-0.05, 0) is 5.56 Å². The lowest BCUT2D eigenvalue weighted by atomic mass is 10.2. The average molecular weight is 325 g/mol. The highest BCUT2D eigenvalue weighted by Gasteiger charge is 2.22. The average Bonchev–Trinajstić information content (AvgIpc) is 2.58. The number of carbonyl (C=O) groups is 1. The minimum Gasteiger partial charge on any atom is -0.371 e. The maximum absolute atomic E-state index is 12.2. The first-order chi connectivity index (χ1) is 11.2. The molecule has 0 aliphatic carbocycles. The first-order valence-electron chi connectivity index (χ1n) is 7.45. The first kappa shape index (κ1) is 17.0. The topological polar surface area (TPSA) is 33.0 Å². The predicted molar refractivity (Wildman–Crippen MR) is 96.5 cm³/mol. The lowest BCUT2D eigenvalue weighted by molar-refractivity contribution is -0.577. The number of benzene rings is 1. The Morgan fingerprint density at radius 1 is 1.17 bits per heavy atom. The number of pyridine rings is 1. The summed E-state index contributed by atoms with van der Waals surface area (Å²) in [6, 6.07) is 16.0. The Hall–Kier alpha value is -2.33. The number of rotatable bonds is 8. The molecule has 118 valence electrons. The number of hydrogen-bond acceptors (Lipinski definition) is 3. The summed E-state index contributed by atoms with van der Waals surface area (Å²) >= 11 is 1.62. The summed E-state index contributed by atoms with van der Waals surface area (Å²) in [5.74, 6) is 0.818. The Kier molecular flexibility index (Phi) is 6.63. The zero-order valence-corrected chi connectivity index (χ0v) is 14.1. The van der Waals surface area contributed by atoms with E-state index in [0.29, 0.717) is 12.2 Å². The van der Waals surface area contributed by atoms with Crippen molar-refractivity contribution in [2.45, 2.75) is 12.7 Å². The monoisotopic (exact) mass is 325 g/mol. The fraction of sp³-hybridized carbons (Fsp3) is 0.158. The number of thioether (sulfide) groups is 1. The molecule has 0 unspecified atom stereocenters. The van der Waals surface area contributed by atoms with E-state index in [1.807, 2.05) is 53.4 Å². The molecule has 1 aromatic carbocycles. The van der Waals surface area contributed by atoms with Crippen LogP contribution in [-0.4, -0.2) is 12.3 Å². The molecule has 2 rings (SSSR count). The van der Waals surface area contributed by atoms with Gasteiger partial charge in [0.25, 0.3) is 5.70 Å². The van der Waals surface area contributed by atoms with E-state index < -0.39 is 0 Å². The first-order valence-corrected chi connectivity index (χ1v) is 8.44. The van der Waals surface area contributed by atoms with Crippen LogP contribution in [0.2, 0.25) is 0 Å². The van der Waals surface area contributed by atoms with Crippen LogP contribution in [0.5, 0.6) is 0 Å². The molecule has 2 aromatic rings. The Labute approximate surface area is 141 Å². The highest BCUT2D eigenvalue weighted by Crippen LogP contribution is 2.22. The molecule has 0 saturated heterocycles. The van der Waals surface area contributed by atoms with Gasteiger partial charge in [0.05, 0.1) is 0 Å². The van der Waals surface area contributed by atoms with Crippen LogP contribution in [0.25, 0.3) is 5.70 Å². The van der Waals surface area contributed by atoms with E-state index in [1.54, 1.807) is 24.8 Å². The van der Waals surface area contributed by atoms with Crippen LogP contribution in [0.3, 0.4) is 0 Å². The number of hydrogen-bond donors (Lipinski definition) is 1. The second-order valence-corrected chi connectivity index (χ2v) is 5.95. The molecule has 0 amide bonds. The summed E-state index contributed by atoms with van der Waals surface area (Å²) in [5.41, 5.74) is 1.87. The smallest absolute Gasteiger partial charge is 0.283 e. The molecule has 0 aliphatic heterocycles. The van der Waals surface area contributed by atoms with Crippen molar-refractivity contribution in [1.82, 2.24) is 5.32 Å². The Balaban J connectivity index is 2.32. The van der Waals surface area contributed by atoms with Gasteiger partial charge in [-0.15, -0.1) is 6.58 Å². The number of allylic oxidation sites excluding steroid dienone is 1. The van der Waals surface area contributed by atoms with Crippen molar-refractivity contribution < 1.29 is 9.36 Å². The molecule has 0 spiro atoms. The molecule has 0 radical (unpaired) electrons. The summed E-state index contributed by atoms with van der Waals surface area (Å²) < 4.78 is 1.85. The predicted octanol–water partition coefficient (Wildman–Crippen LogP) is 3.40. The summed E-state index contributed by atoms with van der Waals surface area (Å²) in [7, 11) is 0. The fourth-order valence-corrected chi connectivity index (χ4v) is 3.18. The van der Waals surface area contributed by atoms with Gasteiger partial charge in [-0.1, -0.05) is 54.2 Å². The van der Waals surface area contributed by atoms with Gasteiger partial charge in [0.1, 0.15) is 5.03 Å². The Morgan fingerprint density at radius 2 is 1.83 bits per heavy atom. The zero-order chi connectivity index (χ0) is 16.5. The molecule has 23 heavy (non-hydrogen) atoms. The second-order valence-electron chi connectivity index (χ2n) is 4.96. The van der Waals surface area contributed by atoms with Crippen molar-refractivity contribution in [3.63, 3.8) is 0 Å². The van der Waals surface area contributed by atoms with Crippen molar-refractivity contribution >= 4 is 23.2 Å². The molecule has 4 heteroatoms. The molecule has 0 bridgehead atoms. The summed E-state index contributed by atoms with van der Waals surface area (Å²) in [4.78, 5) is 12.2. The van der Waals surface area contributed by atoms with Gasteiger partial charge in [0, 0.05) is 31.4 Å². The van der Waals surface area contributed by atoms with Crippen molar-refractivity contribution in [1.29, 1.82) is 0 Å². The SMILES string of the molecule is C=CCN/C(SCc1ccccc1)=C(\C(C)=O)[n+]1ccccc1. The molecule has 1 heterocycles. The molecule has 1 N–H and O–H groups in total. The quantitative estimate of drug-likeness (QED) is 0.459. The summed E-state index contributed by atoms with van der Waals surface area (Å²) in [6.45, 7) is 5.95. The third kappa shape index (κ3) is 5.11. The molecule has 0 aliphatic rings. The molecule has 1 aromatic heterocycles. The van der Waals surface area contributed by atoms with E-state index in [2.05, 4.69) is 24.0 Å². The van der Waals surface area contributed by atoms with Gasteiger partial charge in [-0.3, -0.25) is 4.79 Å². The lowest BCUT2D eigenvalue weighted by Crippen LogP contribution is -2.37. The van der Waals surface area contributed by atoms with E-state index in [1.165, 1.54) is 5.56 Å². The van der Waals surface area contributed by atoms with Gasteiger partial charge >= 0.3 is 0 Å². The molecular weight excluding hydrogens is 304 g/mol. The highest BCUT2D eigenvalue weighted by molar-refractivity contribution is 8.02. The van der Waals surface area contributed by atoms with Crippen LogP contribution in [-0.2, 0) is 10.5 Å². The molecular formula is C19H21N2OS+. The Morgan fingerprint density at radius 3 is 2.43 bits per heavy atom. The van der Waals surface area contributed by atoms with E-state index in [0.717, 1.165) is 10.8 Å². The largest absolute Gasteiger partial charge is 0.371 e. The van der Waals surface area contributed by atoms with Crippen LogP contribution >= 0.6 is 11.8 Å². The van der Waals surface area contributed by atoms with Crippen LogP contribution in [0.15, 0.2) is 78.6 Å². The van der Waals surface area contributed by atoms with Crippen molar-refractivity contribution in [2.24, 2.45) is 0 Å². The van der Waals surface area contributed by atoms with Crippen LogP contribution < -0.4 is 9.88 Å². The second kappa shape index (κ2) is 8.96. The maximum atomic E-state index is 12.2. The number of nitrogens with zero attached hydrogens (tertiary/aromatic N) is 1. The fourth-order valence-electron chi connectivity index (χ4n) is 2.10. The number of nitrogens with one attached hydrogen (secondary N) is 1. The molecule has 0 atom stereocenters. The van der Waals surface area contributed by atoms with Gasteiger partial charge in [-0.2, -0.15) is 4.57 Å². The number of aromatic nitrogens is 1. The van der Waals surface area contributed by atoms with Crippen molar-refractivity contribution in [3.8, 4) is 0 Å². The van der Waals surface area contributed by atoms with Gasteiger partial charge < -0.3 is 5.32 Å². The van der Waals surface area contributed by atoms with Crippen LogP contribution in [0, 0.1) is 0 Å². The highest BCUT2D eigenvalue weighted by atomic mass is 32.2. The molecule has 0 fully saturated rings. The van der Waals surface area contributed by atoms with Crippen molar-refractivity contribution in [3.05, 3.63) is 84.2 Å². The lowest BCUT2D eigenvalue weighted by Gasteiger charge is -2.10. The van der Waals surface area contributed by atoms with E-state index >= 15 is 0 Å². The van der Waals surface area contributed by atoms with E-state index in [-0.39, 0.29) is 5.78 Å². The van der Waals surface area contributed by atoms with Crippen LogP contribution in [0.4, 0.5) is 0 Å². The third-order valence-electron chi connectivity index (χ3n) is 3.16. The van der Waals surface area contributed by atoms with Gasteiger partial charge in [0.2, 0.25) is 5.78 Å². The summed E-state index contributed by atoms with van der Waals surface area (Å²) in [5, 5.41) is 4.16. The minimum absolute atomic E-state index is 0.0216. The maximum Gasteiger partial charge on any atom is 0.283 e. The summed E-state index contributed by atoms with van der Waals surface area (Å²) in [6.07, 6.45) is 5.56. The number of Topliss-reactive ketones (excluding diaryl/α,β-unsaturated/α-hetero) is 1. The van der Waals surface area contributed by atoms with Gasteiger partial charge in [0.15, 0.2) is 12.4 Å². The molecule has 0 saturated carbocycles. The standard InChI is InChI=1S/C19H20N2OS/c1-3-12-20-19(23-15-17-10-6-4-7-11-17)18(16(2)22)21-13-8-5-9-14-21/h3-11,13-14H,1,12,15H2,2H3/p+1. The van der Waals surface area contributed by atoms with Crippen molar-refractivity contribution in [2.75, 3.05) is 6.54 Å². The van der Waals surface area contributed by atoms with E-state index in [9.17, 15) is 4.79 Å². The van der Waals surface area contributed by atoms with Gasteiger partial charge in [-0.25, -0.2) is 0 Å². The number of carbonyl (C=O) groups excluding carboxylic acids is 1. The minimum atomic E-state index is 0.0216. The molecule has 3 nitrogen and oxygen atoms in total. The van der Waals surface area contributed by atoms with Crippen LogP contribution in [0.1, 0.15) is 12.5 Å². The number of ketones is 1.